The van der Waals surface area contributed by atoms with Crippen molar-refractivity contribution in [3.63, 3.8) is 0 Å². The Kier molecular flexibility index (Phi) is 44.7. The zero-order chi connectivity index (χ0) is 51.3. The number of unbranched alkanes of at least 4 members (excludes halogenated alkanes) is 40. The molecule has 416 valence electrons. The van der Waals surface area contributed by atoms with Crippen LogP contribution in [0.4, 0.5) is 0 Å². The molecule has 0 heterocycles. The van der Waals surface area contributed by atoms with Gasteiger partial charge < -0.3 is 40.8 Å². The summed E-state index contributed by atoms with van der Waals surface area (Å²) in [6.07, 6.45) is 44.6. The van der Waals surface area contributed by atoms with Crippen molar-refractivity contribution in [3.8, 4) is 0 Å². The average molecular weight is 1020 g/mol. The number of carbonyl (C=O) groups excluding carboxylic acids is 1. The predicted octanol–water partition coefficient (Wildman–Crippen LogP) is 13.5. The van der Waals surface area contributed by atoms with E-state index >= 15 is 0 Å². The lowest BCUT2D eigenvalue weighted by molar-refractivity contribution is -0.220. The molecular weight excluding hydrogens is 906 g/mol. The highest BCUT2D eigenvalue weighted by Crippen LogP contribution is 2.47. The third kappa shape index (κ3) is 36.9. The van der Waals surface area contributed by atoms with Gasteiger partial charge in [-0.2, -0.15) is 0 Å². The number of nitrogens with one attached hydrogen (secondary N) is 1. The lowest BCUT2D eigenvalue weighted by Gasteiger charge is -2.41. The first kappa shape index (κ1) is 67.1. The van der Waals surface area contributed by atoms with Gasteiger partial charge >= 0.3 is 7.82 Å². The summed E-state index contributed by atoms with van der Waals surface area (Å²) in [5.41, 5.74) is 0. The topological polar surface area (TPSA) is 206 Å². The predicted molar refractivity (Wildman–Crippen MR) is 288 cm³/mol. The van der Waals surface area contributed by atoms with Crippen LogP contribution in [0.1, 0.15) is 290 Å². The van der Waals surface area contributed by atoms with Crippen molar-refractivity contribution in [1.82, 2.24) is 5.32 Å². The summed E-state index contributed by atoms with van der Waals surface area (Å²) in [5.74, 6) is -0.335. The third-order valence-electron chi connectivity index (χ3n) is 14.6. The molecule has 70 heavy (non-hydrogen) atoms. The second-order valence-electron chi connectivity index (χ2n) is 21.2. The quantitative estimate of drug-likeness (QED) is 0.0163. The van der Waals surface area contributed by atoms with Crippen LogP contribution in [-0.4, -0.2) is 96.8 Å². The number of aliphatic hydroxyl groups is 6. The number of aliphatic hydroxyl groups excluding tert-OH is 6. The first-order chi connectivity index (χ1) is 33.9. The minimum atomic E-state index is -5.08. The van der Waals surface area contributed by atoms with E-state index in [1.807, 2.05) is 6.08 Å². The van der Waals surface area contributed by atoms with Gasteiger partial charge in [-0.25, -0.2) is 4.57 Å². The number of hydrogen-bond donors (Lipinski definition) is 8. The normalized spacial score (nSPS) is 21.3. The van der Waals surface area contributed by atoms with Crippen molar-refractivity contribution in [2.24, 2.45) is 0 Å². The lowest BCUT2D eigenvalue weighted by Crippen LogP contribution is -2.64. The molecule has 0 bridgehead atoms. The smallest absolute Gasteiger partial charge is 0.387 e. The Bertz CT molecular complexity index is 1230. The lowest BCUT2D eigenvalue weighted by atomic mass is 9.85. The van der Waals surface area contributed by atoms with E-state index in [0.29, 0.717) is 6.42 Å². The van der Waals surface area contributed by atoms with E-state index < -0.39 is 63.2 Å². The first-order valence-corrected chi connectivity index (χ1v) is 31.1. The van der Waals surface area contributed by atoms with Gasteiger partial charge in [0, 0.05) is 6.42 Å². The molecule has 0 radical (unpaired) electrons. The van der Waals surface area contributed by atoms with Crippen LogP contribution < -0.4 is 5.32 Å². The molecule has 9 atom stereocenters. The molecule has 1 fully saturated rings. The fourth-order valence-corrected chi connectivity index (χ4v) is 10.8. The van der Waals surface area contributed by atoms with Gasteiger partial charge in [0.1, 0.15) is 36.6 Å². The summed E-state index contributed by atoms with van der Waals surface area (Å²) in [7, 11) is -5.08. The van der Waals surface area contributed by atoms with E-state index in [4.69, 9.17) is 9.05 Å². The summed E-state index contributed by atoms with van der Waals surface area (Å²) in [4.78, 5) is 23.5. The molecule has 1 aliphatic rings. The van der Waals surface area contributed by atoms with Crippen molar-refractivity contribution < 1.29 is 53.9 Å². The number of carbonyl (C=O) groups is 1. The van der Waals surface area contributed by atoms with Gasteiger partial charge in [0.2, 0.25) is 5.91 Å². The van der Waals surface area contributed by atoms with Crippen LogP contribution in [-0.2, 0) is 18.4 Å². The summed E-state index contributed by atoms with van der Waals surface area (Å²) in [6, 6.07) is -1.11. The van der Waals surface area contributed by atoms with Crippen LogP contribution in [0.15, 0.2) is 12.2 Å². The third-order valence-corrected chi connectivity index (χ3v) is 15.6. The molecule has 13 heteroatoms. The number of allylic oxidation sites excluding steroid dienone is 1. The molecular formula is C57H112NO11P. The molecule has 1 saturated carbocycles. The highest BCUT2D eigenvalue weighted by Gasteiger charge is 2.51. The Hall–Kier alpha value is -0.920. The maximum absolute atomic E-state index is 13.0. The number of phosphoric ester groups is 1. The zero-order valence-corrected chi connectivity index (χ0v) is 46.0. The van der Waals surface area contributed by atoms with Gasteiger partial charge in [0.15, 0.2) is 0 Å². The van der Waals surface area contributed by atoms with Gasteiger partial charge in [-0.15, -0.1) is 0 Å². The molecule has 0 aromatic heterocycles. The summed E-state index contributed by atoms with van der Waals surface area (Å²) in [5, 5.41) is 64.2. The number of phosphoric acid groups is 1. The van der Waals surface area contributed by atoms with E-state index in [2.05, 4.69) is 19.2 Å². The molecule has 0 saturated heterocycles. The van der Waals surface area contributed by atoms with Gasteiger partial charge in [-0.3, -0.25) is 13.8 Å². The monoisotopic (exact) mass is 1020 g/mol. The second kappa shape index (κ2) is 46.6. The molecule has 0 spiro atoms. The average Bonchev–Trinajstić information content (AvgIpc) is 3.34. The number of rotatable bonds is 51. The fourth-order valence-electron chi connectivity index (χ4n) is 9.79. The van der Waals surface area contributed by atoms with Crippen molar-refractivity contribution in [1.29, 1.82) is 0 Å². The van der Waals surface area contributed by atoms with Crippen LogP contribution >= 0.6 is 7.82 Å². The van der Waals surface area contributed by atoms with Crippen molar-refractivity contribution in [3.05, 3.63) is 12.2 Å². The summed E-state index contributed by atoms with van der Waals surface area (Å²) < 4.78 is 23.0. The van der Waals surface area contributed by atoms with Gasteiger partial charge in [-0.05, 0) is 19.3 Å². The van der Waals surface area contributed by atoms with E-state index in [9.17, 15) is 44.9 Å². The highest BCUT2D eigenvalue weighted by atomic mass is 31.2. The molecule has 8 N–H and O–H groups in total. The Labute approximate surface area is 429 Å². The number of amides is 1. The molecule has 0 aromatic carbocycles. The summed E-state index contributed by atoms with van der Waals surface area (Å²) in [6.45, 7) is 3.88. The zero-order valence-electron chi connectivity index (χ0n) is 45.1. The van der Waals surface area contributed by atoms with Gasteiger partial charge in [0.05, 0.1) is 18.8 Å². The van der Waals surface area contributed by atoms with Gasteiger partial charge in [-0.1, -0.05) is 276 Å². The van der Waals surface area contributed by atoms with E-state index in [0.717, 1.165) is 44.9 Å². The van der Waals surface area contributed by atoms with Crippen LogP contribution in [0.3, 0.4) is 0 Å². The molecule has 6 unspecified atom stereocenters. The Morgan fingerprint density at radius 3 is 1.09 bits per heavy atom. The van der Waals surface area contributed by atoms with Crippen LogP contribution in [0.5, 0.6) is 0 Å². The molecule has 1 amide bonds. The Balaban J connectivity index is 2.23. The molecule has 1 rings (SSSR count). The van der Waals surface area contributed by atoms with Crippen molar-refractivity contribution in [2.75, 3.05) is 6.61 Å². The van der Waals surface area contributed by atoms with Crippen LogP contribution in [0.2, 0.25) is 0 Å². The highest BCUT2D eigenvalue weighted by molar-refractivity contribution is 7.47. The minimum Gasteiger partial charge on any atom is -0.387 e. The Morgan fingerprint density at radius 2 is 0.757 bits per heavy atom. The standard InChI is InChI=1S/C57H112NO11P/c1-3-5-7-9-11-13-15-17-18-19-20-21-22-23-24-25-26-27-28-29-30-31-32-33-35-37-39-41-43-45-47-51(60)58-49(50(59)46-44-42-40-38-36-34-16-14-12-10-8-6-4-2)48-68-70(66,67)69-57-55(64)53(62)52(61)54(63)56(57)65/h44,46,49-50,52-57,59,61-65H,3-43,45,47-48H2,1-2H3,(H,58,60)(H,66,67)/b46-44+/t49-,50+,52?,53+,54?,55?,56?,57?/m0/s1. The second-order valence-corrected chi connectivity index (χ2v) is 22.6. The Morgan fingerprint density at radius 1 is 0.471 bits per heavy atom. The number of hydrogen-bond acceptors (Lipinski definition) is 10. The van der Waals surface area contributed by atoms with Gasteiger partial charge in [0.25, 0.3) is 0 Å². The SMILES string of the molecule is CCCCCCCCCCCCC/C=C/[C@@H](O)[C@H](COP(=O)(O)OC1C(O)C(O)C(O)[C@@H](O)C1O)NC(=O)CCCCCCCCCCCCCCCCCCCCCCCCCCCCCCCC. The minimum absolute atomic E-state index is 0.219. The molecule has 12 nitrogen and oxygen atoms in total. The largest absolute Gasteiger partial charge is 0.472 e. The maximum Gasteiger partial charge on any atom is 0.472 e. The molecule has 0 aromatic rings. The van der Waals surface area contributed by atoms with E-state index in [-0.39, 0.29) is 12.3 Å². The molecule has 1 aliphatic carbocycles. The van der Waals surface area contributed by atoms with Crippen LogP contribution in [0, 0.1) is 0 Å². The van der Waals surface area contributed by atoms with Crippen LogP contribution in [0.25, 0.3) is 0 Å². The maximum atomic E-state index is 13.0. The van der Waals surface area contributed by atoms with Crippen molar-refractivity contribution in [2.45, 2.75) is 339 Å². The van der Waals surface area contributed by atoms with E-state index in [1.165, 1.54) is 218 Å². The van der Waals surface area contributed by atoms with E-state index in [1.54, 1.807) is 6.08 Å². The molecule has 0 aliphatic heterocycles. The van der Waals surface area contributed by atoms with Crippen molar-refractivity contribution >= 4 is 13.7 Å². The first-order valence-electron chi connectivity index (χ1n) is 29.6. The fraction of sp³-hybridized carbons (Fsp3) is 0.947. The summed E-state index contributed by atoms with van der Waals surface area (Å²) >= 11 is 0.